The summed E-state index contributed by atoms with van der Waals surface area (Å²) in [7, 11) is 3.05. The van der Waals surface area contributed by atoms with Crippen LogP contribution in [0.4, 0.5) is 4.39 Å². The van der Waals surface area contributed by atoms with Crippen LogP contribution in [0.5, 0.6) is 0 Å². The molecule has 1 heterocycles. The highest BCUT2D eigenvalue weighted by Crippen LogP contribution is 2.14. The minimum absolute atomic E-state index is 0.478. The second-order valence-electron chi connectivity index (χ2n) is 2.53. The number of halogens is 1. The molecule has 0 aliphatic rings. The Hall–Kier alpha value is -1.00. The van der Waals surface area contributed by atoms with Gasteiger partial charge < -0.3 is 9.47 Å². The van der Waals surface area contributed by atoms with E-state index in [0.717, 1.165) is 0 Å². The highest BCUT2D eigenvalue weighted by molar-refractivity contribution is 5.13. The minimum Gasteiger partial charge on any atom is -0.350 e. The van der Waals surface area contributed by atoms with Crippen molar-refractivity contribution in [1.82, 2.24) is 4.98 Å². The summed E-state index contributed by atoms with van der Waals surface area (Å²) in [5, 5.41) is 0. The quantitative estimate of drug-likeness (QED) is 0.671. The van der Waals surface area contributed by atoms with Gasteiger partial charge in [0.15, 0.2) is 0 Å². The van der Waals surface area contributed by atoms with Crippen molar-refractivity contribution < 1.29 is 13.9 Å². The standard InChI is InChI=1S/C9H12FNO2/c1-12-9(13-2)8-4-3-7(5-10)6-11-8/h3-4,6,9H,5H2,1-2H3. The Morgan fingerprint density at radius 1 is 1.38 bits per heavy atom. The van der Waals surface area contributed by atoms with Gasteiger partial charge in [0.2, 0.25) is 6.29 Å². The van der Waals surface area contributed by atoms with Crippen LogP contribution in [0, 0.1) is 0 Å². The summed E-state index contributed by atoms with van der Waals surface area (Å²) >= 11 is 0. The molecule has 0 unspecified atom stereocenters. The number of methoxy groups -OCH3 is 2. The molecule has 0 spiro atoms. The van der Waals surface area contributed by atoms with Gasteiger partial charge in [-0.05, 0) is 6.07 Å². The topological polar surface area (TPSA) is 31.4 Å². The molecule has 0 aliphatic heterocycles. The van der Waals surface area contributed by atoms with Crippen molar-refractivity contribution in [1.29, 1.82) is 0 Å². The Balaban J connectivity index is 2.78. The van der Waals surface area contributed by atoms with E-state index >= 15 is 0 Å². The number of alkyl halides is 1. The fourth-order valence-corrected chi connectivity index (χ4v) is 0.992. The van der Waals surface area contributed by atoms with Gasteiger partial charge in [-0.3, -0.25) is 4.98 Å². The lowest BCUT2D eigenvalue weighted by Crippen LogP contribution is -2.05. The average molecular weight is 185 g/mol. The molecular weight excluding hydrogens is 173 g/mol. The third-order valence-corrected chi connectivity index (χ3v) is 1.67. The maximum Gasteiger partial charge on any atom is 0.200 e. The summed E-state index contributed by atoms with van der Waals surface area (Å²) in [5.74, 6) is 0. The lowest BCUT2D eigenvalue weighted by Gasteiger charge is -2.12. The largest absolute Gasteiger partial charge is 0.350 e. The van der Waals surface area contributed by atoms with Gasteiger partial charge in [0.25, 0.3) is 0 Å². The van der Waals surface area contributed by atoms with Gasteiger partial charge in [-0.2, -0.15) is 0 Å². The molecule has 4 heteroatoms. The number of hydrogen-bond acceptors (Lipinski definition) is 3. The summed E-state index contributed by atoms with van der Waals surface area (Å²) in [4.78, 5) is 4.00. The first-order valence-corrected chi connectivity index (χ1v) is 3.88. The first-order valence-electron chi connectivity index (χ1n) is 3.88. The SMILES string of the molecule is COC(OC)c1ccc(CF)cn1. The molecule has 1 rings (SSSR count). The zero-order valence-corrected chi connectivity index (χ0v) is 7.66. The monoisotopic (exact) mass is 185 g/mol. The van der Waals surface area contributed by atoms with Crippen molar-refractivity contribution >= 4 is 0 Å². The van der Waals surface area contributed by atoms with E-state index in [1.807, 2.05) is 0 Å². The van der Waals surface area contributed by atoms with Crippen molar-refractivity contribution in [3.05, 3.63) is 29.6 Å². The second kappa shape index (κ2) is 4.89. The van der Waals surface area contributed by atoms with Gasteiger partial charge in [-0.1, -0.05) is 6.07 Å². The van der Waals surface area contributed by atoms with Gasteiger partial charge >= 0.3 is 0 Å². The predicted molar refractivity (Wildman–Crippen MR) is 45.8 cm³/mol. The Bertz CT molecular complexity index is 246. The summed E-state index contributed by atoms with van der Waals surface area (Å²) in [6.07, 6.45) is 0.995. The third kappa shape index (κ3) is 2.47. The molecule has 0 bridgehead atoms. The molecule has 0 saturated carbocycles. The van der Waals surface area contributed by atoms with Crippen LogP contribution >= 0.6 is 0 Å². The second-order valence-corrected chi connectivity index (χ2v) is 2.53. The Kier molecular flexibility index (Phi) is 3.79. The Labute approximate surface area is 76.5 Å². The van der Waals surface area contributed by atoms with E-state index in [1.165, 1.54) is 20.4 Å². The molecule has 72 valence electrons. The Morgan fingerprint density at radius 2 is 2.08 bits per heavy atom. The zero-order chi connectivity index (χ0) is 9.68. The molecule has 3 nitrogen and oxygen atoms in total. The molecule has 0 N–H and O–H groups in total. The van der Waals surface area contributed by atoms with Crippen molar-refractivity contribution in [2.45, 2.75) is 13.0 Å². The van der Waals surface area contributed by atoms with E-state index in [0.29, 0.717) is 11.3 Å². The summed E-state index contributed by atoms with van der Waals surface area (Å²) in [6.45, 7) is -0.502. The summed E-state index contributed by atoms with van der Waals surface area (Å²) in [6, 6.07) is 3.35. The zero-order valence-electron chi connectivity index (χ0n) is 7.66. The number of nitrogens with zero attached hydrogens (tertiary/aromatic N) is 1. The predicted octanol–water partition coefficient (Wildman–Crippen LogP) is 1.84. The van der Waals surface area contributed by atoms with Crippen molar-refractivity contribution in [2.24, 2.45) is 0 Å². The van der Waals surface area contributed by atoms with Gasteiger partial charge in [0, 0.05) is 26.0 Å². The van der Waals surface area contributed by atoms with E-state index < -0.39 is 13.0 Å². The van der Waals surface area contributed by atoms with Crippen LogP contribution in [0.3, 0.4) is 0 Å². The smallest absolute Gasteiger partial charge is 0.200 e. The van der Waals surface area contributed by atoms with Crippen LogP contribution in [-0.2, 0) is 16.1 Å². The molecule has 1 aromatic rings. The molecule has 1 aromatic heterocycles. The van der Waals surface area contributed by atoms with E-state index in [2.05, 4.69) is 4.98 Å². The summed E-state index contributed by atoms with van der Waals surface area (Å²) < 4.78 is 22.1. The van der Waals surface area contributed by atoms with Crippen molar-refractivity contribution in [2.75, 3.05) is 14.2 Å². The highest BCUT2D eigenvalue weighted by atomic mass is 19.1. The average Bonchev–Trinajstić information content (AvgIpc) is 2.21. The normalized spacial score (nSPS) is 10.8. The highest BCUT2D eigenvalue weighted by Gasteiger charge is 2.09. The van der Waals surface area contributed by atoms with Crippen LogP contribution in [0.1, 0.15) is 17.5 Å². The Morgan fingerprint density at radius 3 is 2.46 bits per heavy atom. The van der Waals surface area contributed by atoms with Gasteiger partial charge in [-0.25, -0.2) is 4.39 Å². The third-order valence-electron chi connectivity index (χ3n) is 1.67. The minimum atomic E-state index is -0.502. The fraction of sp³-hybridized carbons (Fsp3) is 0.444. The van der Waals surface area contributed by atoms with E-state index in [4.69, 9.17) is 9.47 Å². The van der Waals surface area contributed by atoms with Gasteiger partial charge in [0.05, 0.1) is 5.69 Å². The lowest BCUT2D eigenvalue weighted by molar-refractivity contribution is -0.108. The maximum atomic E-state index is 12.1. The molecule has 0 atom stereocenters. The van der Waals surface area contributed by atoms with Crippen LogP contribution < -0.4 is 0 Å². The van der Waals surface area contributed by atoms with Gasteiger partial charge in [-0.15, -0.1) is 0 Å². The number of rotatable bonds is 4. The van der Waals surface area contributed by atoms with E-state index in [9.17, 15) is 4.39 Å². The van der Waals surface area contributed by atoms with E-state index in [1.54, 1.807) is 12.1 Å². The number of pyridine rings is 1. The number of aromatic nitrogens is 1. The summed E-state index contributed by atoms with van der Waals surface area (Å²) in [5.41, 5.74) is 1.19. The first kappa shape index (κ1) is 10.1. The molecule has 0 aliphatic carbocycles. The molecule has 0 radical (unpaired) electrons. The van der Waals surface area contributed by atoms with Crippen molar-refractivity contribution in [3.63, 3.8) is 0 Å². The molecule has 0 fully saturated rings. The van der Waals surface area contributed by atoms with Crippen LogP contribution in [0.25, 0.3) is 0 Å². The van der Waals surface area contributed by atoms with E-state index in [-0.39, 0.29) is 0 Å². The number of hydrogen-bond donors (Lipinski definition) is 0. The number of ether oxygens (including phenoxy) is 2. The molecule has 0 amide bonds. The van der Waals surface area contributed by atoms with Crippen LogP contribution in [0.2, 0.25) is 0 Å². The molecular formula is C9H12FNO2. The lowest BCUT2D eigenvalue weighted by atomic mass is 10.2. The van der Waals surface area contributed by atoms with Crippen molar-refractivity contribution in [3.8, 4) is 0 Å². The fourth-order valence-electron chi connectivity index (χ4n) is 0.992. The van der Waals surface area contributed by atoms with Gasteiger partial charge in [0.1, 0.15) is 6.67 Å². The maximum absolute atomic E-state index is 12.1. The molecule has 0 saturated heterocycles. The van der Waals surface area contributed by atoms with Crippen LogP contribution in [0.15, 0.2) is 18.3 Å². The first-order chi connectivity index (χ1) is 6.31. The van der Waals surface area contributed by atoms with Crippen LogP contribution in [-0.4, -0.2) is 19.2 Å². The molecule has 0 aromatic carbocycles. The molecule has 13 heavy (non-hydrogen) atoms.